The maximum atomic E-state index is 12.9. The number of nitrogens with one attached hydrogen (secondary N) is 1. The molecule has 0 saturated heterocycles. The van der Waals surface area contributed by atoms with E-state index in [2.05, 4.69) is 10.3 Å². The molecule has 0 saturated carbocycles. The lowest BCUT2D eigenvalue weighted by molar-refractivity contribution is -0.113. The largest absolute Gasteiger partial charge is 0.385 e. The van der Waals surface area contributed by atoms with Crippen LogP contribution in [0.1, 0.15) is 6.42 Å². The molecule has 8 heteroatoms. The Morgan fingerprint density at radius 1 is 1.25 bits per heavy atom. The van der Waals surface area contributed by atoms with E-state index >= 15 is 0 Å². The van der Waals surface area contributed by atoms with Gasteiger partial charge in [-0.25, -0.2) is 4.98 Å². The summed E-state index contributed by atoms with van der Waals surface area (Å²) in [6.45, 7) is 1.02. The molecule has 0 aliphatic heterocycles. The summed E-state index contributed by atoms with van der Waals surface area (Å²) in [7, 11) is 1.62. The summed E-state index contributed by atoms with van der Waals surface area (Å²) in [5, 5.41) is 4.42. The molecule has 3 aromatic rings. The molecule has 1 heterocycles. The quantitative estimate of drug-likeness (QED) is 0.342. The first-order valence-electron chi connectivity index (χ1n) is 8.75. The van der Waals surface area contributed by atoms with Crippen molar-refractivity contribution < 1.29 is 9.53 Å². The van der Waals surface area contributed by atoms with Crippen LogP contribution in [0.5, 0.6) is 0 Å². The number of anilines is 1. The lowest BCUT2D eigenvalue weighted by Gasteiger charge is -2.13. The molecule has 0 aliphatic rings. The zero-order valence-corrected chi connectivity index (χ0v) is 16.9. The topological polar surface area (TPSA) is 73.2 Å². The van der Waals surface area contributed by atoms with Crippen LogP contribution in [0, 0.1) is 0 Å². The number of carbonyl (C=O) groups is 1. The number of hydrogen-bond acceptors (Lipinski definition) is 5. The third kappa shape index (κ3) is 5.13. The van der Waals surface area contributed by atoms with Gasteiger partial charge in [-0.15, -0.1) is 0 Å². The van der Waals surface area contributed by atoms with E-state index in [4.69, 9.17) is 16.3 Å². The number of halogens is 1. The highest BCUT2D eigenvalue weighted by Crippen LogP contribution is 2.20. The fourth-order valence-corrected chi connectivity index (χ4v) is 3.73. The smallest absolute Gasteiger partial charge is 0.262 e. The van der Waals surface area contributed by atoms with Crippen molar-refractivity contribution in [3.8, 4) is 0 Å². The van der Waals surface area contributed by atoms with Crippen molar-refractivity contribution in [2.24, 2.45) is 0 Å². The average Bonchev–Trinajstić information content (AvgIpc) is 2.68. The summed E-state index contributed by atoms with van der Waals surface area (Å²) in [5.41, 5.74) is 1.13. The Balaban J connectivity index is 1.79. The summed E-state index contributed by atoms with van der Waals surface area (Å²) < 4.78 is 6.70. The summed E-state index contributed by atoms with van der Waals surface area (Å²) in [6, 6.07) is 14.2. The highest BCUT2D eigenvalue weighted by molar-refractivity contribution is 7.99. The van der Waals surface area contributed by atoms with E-state index in [9.17, 15) is 9.59 Å². The fraction of sp³-hybridized carbons (Fsp3) is 0.250. The minimum atomic E-state index is -0.196. The molecule has 1 amide bonds. The van der Waals surface area contributed by atoms with Gasteiger partial charge in [-0.05, 0) is 36.8 Å². The number of fused-ring (bicyclic) bond motifs is 1. The summed E-state index contributed by atoms with van der Waals surface area (Å²) in [5.74, 6) is -0.0696. The number of ether oxygens (including phenoxy) is 1. The predicted molar refractivity (Wildman–Crippen MR) is 113 cm³/mol. The molecule has 1 N–H and O–H groups in total. The Bertz CT molecular complexity index is 1040. The first-order valence-corrected chi connectivity index (χ1v) is 10.1. The second-order valence-corrected chi connectivity index (χ2v) is 7.44. The van der Waals surface area contributed by atoms with Crippen LogP contribution in [0.15, 0.2) is 58.5 Å². The number of para-hydroxylation sites is 1. The van der Waals surface area contributed by atoms with Gasteiger partial charge >= 0.3 is 0 Å². The van der Waals surface area contributed by atoms with Gasteiger partial charge in [0.15, 0.2) is 5.16 Å². The summed E-state index contributed by atoms with van der Waals surface area (Å²) >= 11 is 7.17. The molecule has 0 spiro atoms. The SMILES string of the molecule is COCCCn1c(SCC(=O)Nc2cccc(Cl)c2)nc2ccccc2c1=O. The maximum absolute atomic E-state index is 12.9. The molecule has 3 rings (SSSR count). The van der Waals surface area contributed by atoms with Crippen LogP contribution >= 0.6 is 23.4 Å². The molecule has 0 bridgehead atoms. The third-order valence-corrected chi connectivity index (χ3v) is 5.21. The van der Waals surface area contributed by atoms with E-state index < -0.39 is 0 Å². The molecular weight excluding hydrogens is 398 g/mol. The Morgan fingerprint density at radius 3 is 2.86 bits per heavy atom. The van der Waals surface area contributed by atoms with Crippen molar-refractivity contribution in [3.63, 3.8) is 0 Å². The first-order chi connectivity index (χ1) is 13.6. The number of benzene rings is 2. The highest BCUT2D eigenvalue weighted by Gasteiger charge is 2.13. The number of thioether (sulfide) groups is 1. The number of amides is 1. The van der Waals surface area contributed by atoms with Gasteiger partial charge in [-0.2, -0.15) is 0 Å². The number of rotatable bonds is 8. The molecular formula is C20H20ClN3O3S. The summed E-state index contributed by atoms with van der Waals surface area (Å²) in [6.07, 6.45) is 0.679. The third-order valence-electron chi connectivity index (χ3n) is 4.00. The first kappa shape index (κ1) is 20.4. The second kappa shape index (κ2) is 9.73. The van der Waals surface area contributed by atoms with Gasteiger partial charge in [0.1, 0.15) is 0 Å². The molecule has 146 valence electrons. The molecule has 0 unspecified atom stereocenters. The number of methoxy groups -OCH3 is 1. The fourth-order valence-electron chi connectivity index (χ4n) is 2.72. The van der Waals surface area contributed by atoms with Crippen LogP contribution in [0.3, 0.4) is 0 Å². The molecule has 6 nitrogen and oxygen atoms in total. The number of hydrogen-bond donors (Lipinski definition) is 1. The lowest BCUT2D eigenvalue weighted by Crippen LogP contribution is -2.25. The molecule has 0 aliphatic carbocycles. The van der Waals surface area contributed by atoms with Gasteiger partial charge in [0.25, 0.3) is 5.56 Å². The van der Waals surface area contributed by atoms with Gasteiger partial charge < -0.3 is 10.1 Å². The van der Waals surface area contributed by atoms with Gasteiger partial charge in [-0.1, -0.05) is 41.6 Å². The van der Waals surface area contributed by atoms with Crippen molar-refractivity contribution >= 4 is 45.9 Å². The van der Waals surface area contributed by atoms with E-state index in [0.717, 1.165) is 0 Å². The van der Waals surface area contributed by atoms with Crippen molar-refractivity contribution in [2.45, 2.75) is 18.1 Å². The van der Waals surface area contributed by atoms with E-state index in [-0.39, 0.29) is 17.2 Å². The number of carbonyl (C=O) groups excluding carboxylic acids is 1. The Morgan fingerprint density at radius 2 is 2.07 bits per heavy atom. The van der Waals surface area contributed by atoms with E-state index in [1.54, 1.807) is 48.1 Å². The van der Waals surface area contributed by atoms with Gasteiger partial charge in [0.2, 0.25) is 5.91 Å². The normalized spacial score (nSPS) is 10.9. The van der Waals surface area contributed by atoms with Crippen LogP contribution in [0.25, 0.3) is 10.9 Å². The maximum Gasteiger partial charge on any atom is 0.262 e. The van der Waals surface area contributed by atoms with Crippen LogP contribution in [0.2, 0.25) is 5.02 Å². The number of nitrogens with zero attached hydrogens (tertiary/aromatic N) is 2. The zero-order chi connectivity index (χ0) is 19.9. The van der Waals surface area contributed by atoms with Gasteiger partial charge in [-0.3, -0.25) is 14.2 Å². The van der Waals surface area contributed by atoms with Crippen LogP contribution in [-0.4, -0.2) is 34.9 Å². The van der Waals surface area contributed by atoms with Gasteiger partial charge in [0.05, 0.1) is 16.7 Å². The molecule has 0 atom stereocenters. The molecule has 0 radical (unpaired) electrons. The molecule has 1 aromatic heterocycles. The van der Waals surface area contributed by atoms with Crippen molar-refractivity contribution in [1.82, 2.24) is 9.55 Å². The second-order valence-electron chi connectivity index (χ2n) is 6.06. The molecule has 2 aromatic carbocycles. The highest BCUT2D eigenvalue weighted by atomic mass is 35.5. The molecule has 28 heavy (non-hydrogen) atoms. The standard InChI is InChI=1S/C20H20ClN3O3S/c1-27-11-5-10-24-19(26)16-8-2-3-9-17(16)23-20(24)28-13-18(25)22-15-7-4-6-14(21)12-15/h2-4,6-9,12H,5,10-11,13H2,1H3,(H,22,25). The van der Waals surface area contributed by atoms with Crippen molar-refractivity contribution in [2.75, 3.05) is 24.8 Å². The van der Waals surface area contributed by atoms with Crippen LogP contribution < -0.4 is 10.9 Å². The Kier molecular flexibility index (Phi) is 7.08. The molecule has 0 fully saturated rings. The lowest BCUT2D eigenvalue weighted by atomic mass is 10.2. The zero-order valence-electron chi connectivity index (χ0n) is 15.4. The van der Waals surface area contributed by atoms with Crippen molar-refractivity contribution in [3.05, 3.63) is 63.9 Å². The number of aromatic nitrogens is 2. The monoisotopic (exact) mass is 417 g/mol. The minimum absolute atomic E-state index is 0.112. The predicted octanol–water partition coefficient (Wildman–Crippen LogP) is 3.82. The Hall–Kier alpha value is -2.35. The van der Waals surface area contributed by atoms with E-state index in [0.29, 0.717) is 46.3 Å². The average molecular weight is 418 g/mol. The van der Waals surface area contributed by atoms with Crippen molar-refractivity contribution in [1.29, 1.82) is 0 Å². The van der Waals surface area contributed by atoms with Gasteiger partial charge in [0, 0.05) is 31.0 Å². The summed E-state index contributed by atoms with van der Waals surface area (Å²) in [4.78, 5) is 29.8. The van der Waals surface area contributed by atoms with E-state index in [1.807, 2.05) is 12.1 Å². The Labute approximate surface area is 171 Å². The van der Waals surface area contributed by atoms with E-state index in [1.165, 1.54) is 11.8 Å². The van der Waals surface area contributed by atoms with Crippen LogP contribution in [0.4, 0.5) is 5.69 Å². The minimum Gasteiger partial charge on any atom is -0.385 e. The van der Waals surface area contributed by atoms with Crippen LogP contribution in [-0.2, 0) is 16.1 Å².